The molecule has 0 spiro atoms. The number of carbonyl (C=O) groups is 1. The van der Waals surface area contributed by atoms with Crippen LogP contribution in [0.25, 0.3) is 0 Å². The predicted octanol–water partition coefficient (Wildman–Crippen LogP) is 1.60. The van der Waals surface area contributed by atoms with Gasteiger partial charge in [0.1, 0.15) is 0 Å². The Balaban J connectivity index is 1.93. The highest BCUT2D eigenvalue weighted by Crippen LogP contribution is 2.33. The predicted molar refractivity (Wildman–Crippen MR) is 55.6 cm³/mol. The maximum atomic E-state index is 12.0. The zero-order valence-electron chi connectivity index (χ0n) is 8.64. The van der Waals surface area contributed by atoms with E-state index in [1.807, 2.05) is 29.2 Å². The second kappa shape index (κ2) is 3.07. The average Bonchev–Trinajstić information content (AvgIpc) is 3.04. The van der Waals surface area contributed by atoms with Gasteiger partial charge in [-0.1, -0.05) is 18.2 Å². The molecule has 3 heteroatoms. The second-order valence-electron chi connectivity index (χ2n) is 4.18. The lowest BCUT2D eigenvalue weighted by Crippen LogP contribution is -2.30. The molecular formula is C12H13NO2. The summed E-state index contributed by atoms with van der Waals surface area (Å²) in [6.07, 6.45) is 0.269. The van der Waals surface area contributed by atoms with Gasteiger partial charge in [-0.3, -0.25) is 4.79 Å². The molecule has 2 aliphatic rings. The molecule has 1 unspecified atom stereocenters. The van der Waals surface area contributed by atoms with E-state index < -0.39 is 0 Å². The largest absolute Gasteiger partial charge is 0.371 e. The SMILES string of the molecule is CC1c2ccccc2C(=O)N1C[C@H]1CO1. The van der Waals surface area contributed by atoms with Gasteiger partial charge >= 0.3 is 0 Å². The van der Waals surface area contributed by atoms with E-state index >= 15 is 0 Å². The van der Waals surface area contributed by atoms with Gasteiger partial charge in [0.25, 0.3) is 5.91 Å². The van der Waals surface area contributed by atoms with Crippen molar-refractivity contribution in [3.05, 3.63) is 35.4 Å². The number of hydrogen-bond donors (Lipinski definition) is 0. The minimum absolute atomic E-state index is 0.147. The van der Waals surface area contributed by atoms with Crippen LogP contribution in [0.15, 0.2) is 24.3 Å². The van der Waals surface area contributed by atoms with Crippen molar-refractivity contribution in [2.24, 2.45) is 0 Å². The first-order chi connectivity index (χ1) is 7.27. The molecule has 2 atom stereocenters. The summed E-state index contributed by atoms with van der Waals surface area (Å²) >= 11 is 0. The molecule has 3 rings (SSSR count). The molecule has 1 amide bonds. The Kier molecular flexibility index (Phi) is 1.83. The Morgan fingerprint density at radius 3 is 2.87 bits per heavy atom. The van der Waals surface area contributed by atoms with Crippen LogP contribution in [-0.4, -0.2) is 30.1 Å². The van der Waals surface area contributed by atoms with E-state index in [1.54, 1.807) is 0 Å². The van der Waals surface area contributed by atoms with Crippen LogP contribution in [-0.2, 0) is 4.74 Å². The fourth-order valence-corrected chi connectivity index (χ4v) is 2.19. The van der Waals surface area contributed by atoms with Gasteiger partial charge in [0.05, 0.1) is 25.3 Å². The van der Waals surface area contributed by atoms with Crippen LogP contribution >= 0.6 is 0 Å². The third-order valence-corrected chi connectivity index (χ3v) is 3.17. The maximum absolute atomic E-state index is 12.0. The molecule has 1 aromatic carbocycles. The Labute approximate surface area is 88.6 Å². The lowest BCUT2D eigenvalue weighted by Gasteiger charge is -2.20. The van der Waals surface area contributed by atoms with Gasteiger partial charge in [-0.2, -0.15) is 0 Å². The van der Waals surface area contributed by atoms with Crippen LogP contribution in [0.3, 0.4) is 0 Å². The van der Waals surface area contributed by atoms with Crippen LogP contribution in [0.4, 0.5) is 0 Å². The molecule has 0 N–H and O–H groups in total. The maximum Gasteiger partial charge on any atom is 0.254 e. The minimum Gasteiger partial charge on any atom is -0.371 e. The highest BCUT2D eigenvalue weighted by molar-refractivity contribution is 5.99. The molecule has 2 aliphatic heterocycles. The summed E-state index contributed by atoms with van der Waals surface area (Å²) < 4.78 is 5.17. The number of epoxide rings is 1. The van der Waals surface area contributed by atoms with Crippen molar-refractivity contribution in [1.82, 2.24) is 4.90 Å². The fraction of sp³-hybridized carbons (Fsp3) is 0.417. The van der Waals surface area contributed by atoms with E-state index in [-0.39, 0.29) is 18.1 Å². The molecule has 0 bridgehead atoms. The van der Waals surface area contributed by atoms with Crippen LogP contribution in [0.5, 0.6) is 0 Å². The van der Waals surface area contributed by atoms with Gasteiger partial charge in [0.2, 0.25) is 0 Å². The van der Waals surface area contributed by atoms with Gasteiger partial charge in [-0.15, -0.1) is 0 Å². The van der Waals surface area contributed by atoms with E-state index in [4.69, 9.17) is 4.74 Å². The Morgan fingerprint density at radius 2 is 2.20 bits per heavy atom. The number of hydrogen-bond acceptors (Lipinski definition) is 2. The number of ether oxygens (including phenoxy) is 1. The first-order valence-electron chi connectivity index (χ1n) is 5.29. The van der Waals surface area contributed by atoms with Gasteiger partial charge in [-0.25, -0.2) is 0 Å². The van der Waals surface area contributed by atoms with Gasteiger partial charge in [0.15, 0.2) is 0 Å². The van der Waals surface area contributed by atoms with Crippen molar-refractivity contribution in [2.45, 2.75) is 19.1 Å². The van der Waals surface area contributed by atoms with Crippen molar-refractivity contribution in [2.75, 3.05) is 13.2 Å². The smallest absolute Gasteiger partial charge is 0.254 e. The van der Waals surface area contributed by atoms with E-state index in [0.717, 1.165) is 24.3 Å². The van der Waals surface area contributed by atoms with Crippen molar-refractivity contribution in [3.8, 4) is 0 Å². The summed E-state index contributed by atoms with van der Waals surface area (Å²) in [5.41, 5.74) is 1.99. The Bertz CT molecular complexity index is 412. The van der Waals surface area contributed by atoms with Crippen molar-refractivity contribution >= 4 is 5.91 Å². The Morgan fingerprint density at radius 1 is 1.47 bits per heavy atom. The highest BCUT2D eigenvalue weighted by atomic mass is 16.6. The number of amides is 1. The number of nitrogens with zero attached hydrogens (tertiary/aromatic N) is 1. The van der Waals surface area contributed by atoms with Crippen LogP contribution in [0.2, 0.25) is 0 Å². The van der Waals surface area contributed by atoms with Crippen molar-refractivity contribution in [1.29, 1.82) is 0 Å². The molecule has 0 radical (unpaired) electrons. The van der Waals surface area contributed by atoms with Crippen LogP contribution in [0.1, 0.15) is 28.9 Å². The number of fused-ring (bicyclic) bond motifs is 1. The minimum atomic E-state index is 0.147. The standard InChI is InChI=1S/C12H13NO2/c1-8-10-4-2-3-5-11(10)12(14)13(8)6-9-7-15-9/h2-5,8-9H,6-7H2,1H3/t8?,9-/m0/s1. The lowest BCUT2D eigenvalue weighted by atomic mass is 10.1. The second-order valence-corrected chi connectivity index (χ2v) is 4.18. The molecule has 0 aliphatic carbocycles. The first kappa shape index (κ1) is 8.92. The molecule has 1 saturated heterocycles. The van der Waals surface area contributed by atoms with Gasteiger partial charge in [-0.05, 0) is 18.6 Å². The summed E-state index contributed by atoms with van der Waals surface area (Å²) in [6.45, 7) is 3.60. The summed E-state index contributed by atoms with van der Waals surface area (Å²) in [5.74, 6) is 0.147. The van der Waals surface area contributed by atoms with Crippen LogP contribution in [0, 0.1) is 0 Å². The molecule has 3 nitrogen and oxygen atoms in total. The third kappa shape index (κ3) is 1.35. The fourth-order valence-electron chi connectivity index (χ4n) is 2.19. The Hall–Kier alpha value is -1.35. The molecular weight excluding hydrogens is 190 g/mol. The van der Waals surface area contributed by atoms with Gasteiger partial charge in [0, 0.05) is 5.56 Å². The normalized spacial score (nSPS) is 28.1. The van der Waals surface area contributed by atoms with Crippen molar-refractivity contribution < 1.29 is 9.53 Å². The summed E-state index contributed by atoms with van der Waals surface area (Å²) in [7, 11) is 0. The summed E-state index contributed by atoms with van der Waals surface area (Å²) in [4.78, 5) is 13.9. The molecule has 1 fully saturated rings. The van der Waals surface area contributed by atoms with Gasteiger partial charge < -0.3 is 9.64 Å². The lowest BCUT2D eigenvalue weighted by molar-refractivity contribution is 0.0722. The first-order valence-corrected chi connectivity index (χ1v) is 5.29. The van der Waals surface area contributed by atoms with E-state index in [1.165, 1.54) is 0 Å². The molecule has 0 aromatic heterocycles. The van der Waals surface area contributed by atoms with Crippen molar-refractivity contribution in [3.63, 3.8) is 0 Å². The van der Waals surface area contributed by atoms with Crippen LogP contribution < -0.4 is 0 Å². The zero-order valence-corrected chi connectivity index (χ0v) is 8.64. The number of benzene rings is 1. The summed E-state index contributed by atoms with van der Waals surface area (Å²) in [5, 5.41) is 0. The van der Waals surface area contributed by atoms with E-state index in [9.17, 15) is 4.79 Å². The number of rotatable bonds is 2. The van der Waals surface area contributed by atoms with E-state index in [2.05, 4.69) is 6.92 Å². The molecule has 15 heavy (non-hydrogen) atoms. The van der Waals surface area contributed by atoms with E-state index in [0.29, 0.717) is 0 Å². The third-order valence-electron chi connectivity index (χ3n) is 3.17. The monoisotopic (exact) mass is 203 g/mol. The topological polar surface area (TPSA) is 32.8 Å². The quantitative estimate of drug-likeness (QED) is 0.684. The number of carbonyl (C=O) groups excluding carboxylic acids is 1. The zero-order chi connectivity index (χ0) is 10.4. The highest BCUT2D eigenvalue weighted by Gasteiger charge is 2.37. The molecule has 2 heterocycles. The summed E-state index contributed by atoms with van der Waals surface area (Å²) in [6, 6.07) is 8.03. The molecule has 0 saturated carbocycles. The average molecular weight is 203 g/mol. The molecule has 1 aromatic rings. The molecule has 78 valence electrons.